The van der Waals surface area contributed by atoms with E-state index >= 15 is 0 Å². The molecule has 2 nitrogen and oxygen atoms in total. The molecule has 78 valence electrons. The van der Waals surface area contributed by atoms with E-state index in [-0.39, 0.29) is 5.91 Å². The first-order chi connectivity index (χ1) is 6.31. The quantitative estimate of drug-likeness (QED) is 0.505. The predicted molar refractivity (Wildman–Crippen MR) is 60.6 cm³/mol. The first kappa shape index (κ1) is 13.1. The molecule has 0 bridgehead atoms. The van der Waals surface area contributed by atoms with Crippen molar-refractivity contribution in [3.05, 3.63) is 0 Å². The van der Waals surface area contributed by atoms with Gasteiger partial charge in [0.1, 0.15) is 0 Å². The Morgan fingerprint density at radius 2 is 2.15 bits per heavy atom. The monoisotopic (exact) mass is 223 g/mol. The van der Waals surface area contributed by atoms with Gasteiger partial charge in [-0.05, 0) is 19.1 Å². The minimum Gasteiger partial charge on any atom is -0.356 e. The molecule has 0 aliphatic carbocycles. The SMILES string of the molecule is CSCCC(=O)NCCCCCCl. The second-order valence-corrected chi connectivity index (χ2v) is 4.21. The molecule has 0 atom stereocenters. The molecule has 1 N–H and O–H groups in total. The molecule has 1 amide bonds. The Labute approximate surface area is 89.8 Å². The van der Waals surface area contributed by atoms with E-state index in [1.807, 2.05) is 6.26 Å². The van der Waals surface area contributed by atoms with Crippen molar-refractivity contribution in [3.63, 3.8) is 0 Å². The summed E-state index contributed by atoms with van der Waals surface area (Å²) in [7, 11) is 0. The molecule has 0 heterocycles. The largest absolute Gasteiger partial charge is 0.356 e. The number of halogens is 1. The van der Waals surface area contributed by atoms with Crippen molar-refractivity contribution in [1.82, 2.24) is 5.32 Å². The van der Waals surface area contributed by atoms with E-state index < -0.39 is 0 Å². The van der Waals surface area contributed by atoms with E-state index in [0.29, 0.717) is 6.42 Å². The summed E-state index contributed by atoms with van der Waals surface area (Å²) < 4.78 is 0. The minimum atomic E-state index is 0.167. The summed E-state index contributed by atoms with van der Waals surface area (Å²) in [6.45, 7) is 0.796. The highest BCUT2D eigenvalue weighted by Crippen LogP contribution is 1.97. The van der Waals surface area contributed by atoms with Crippen molar-refractivity contribution in [2.75, 3.05) is 24.4 Å². The molecule has 13 heavy (non-hydrogen) atoms. The average molecular weight is 224 g/mol. The standard InChI is InChI=1S/C9H18ClNOS/c1-13-8-5-9(12)11-7-4-2-3-6-10/h2-8H2,1H3,(H,11,12). The molecule has 0 fully saturated rings. The highest BCUT2D eigenvalue weighted by molar-refractivity contribution is 7.98. The molecule has 0 aliphatic rings. The zero-order valence-corrected chi connectivity index (χ0v) is 9.72. The highest BCUT2D eigenvalue weighted by Gasteiger charge is 1.98. The fourth-order valence-electron chi connectivity index (χ4n) is 0.907. The van der Waals surface area contributed by atoms with Gasteiger partial charge in [-0.2, -0.15) is 11.8 Å². The summed E-state index contributed by atoms with van der Waals surface area (Å²) >= 11 is 7.22. The molecule has 4 heteroatoms. The number of rotatable bonds is 8. The van der Waals surface area contributed by atoms with Crippen molar-refractivity contribution in [2.24, 2.45) is 0 Å². The number of hydrogen-bond donors (Lipinski definition) is 1. The Hall–Kier alpha value is 0.110. The number of alkyl halides is 1. The van der Waals surface area contributed by atoms with Crippen LogP contribution < -0.4 is 5.32 Å². The van der Waals surface area contributed by atoms with Gasteiger partial charge in [-0.25, -0.2) is 0 Å². The van der Waals surface area contributed by atoms with Crippen LogP contribution in [0.5, 0.6) is 0 Å². The Bertz CT molecular complexity index is 133. The maximum Gasteiger partial charge on any atom is 0.220 e. The van der Waals surface area contributed by atoms with Crippen LogP contribution in [0.1, 0.15) is 25.7 Å². The van der Waals surface area contributed by atoms with Crippen LogP contribution in [0.2, 0.25) is 0 Å². The van der Waals surface area contributed by atoms with E-state index in [2.05, 4.69) is 5.32 Å². The number of unbranched alkanes of at least 4 members (excludes halogenated alkanes) is 2. The van der Waals surface area contributed by atoms with E-state index in [4.69, 9.17) is 11.6 Å². The van der Waals surface area contributed by atoms with Crippen LogP contribution in [-0.4, -0.2) is 30.3 Å². The summed E-state index contributed by atoms with van der Waals surface area (Å²) in [6.07, 6.45) is 5.83. The first-order valence-corrected chi connectivity index (χ1v) is 6.55. The summed E-state index contributed by atoms with van der Waals surface area (Å²) in [5.41, 5.74) is 0. The van der Waals surface area contributed by atoms with Gasteiger partial charge in [0, 0.05) is 24.6 Å². The lowest BCUT2D eigenvalue weighted by atomic mass is 10.2. The van der Waals surface area contributed by atoms with Crippen molar-refractivity contribution in [3.8, 4) is 0 Å². The summed E-state index contributed by atoms with van der Waals surface area (Å²) in [6, 6.07) is 0. The van der Waals surface area contributed by atoms with Crippen LogP contribution in [-0.2, 0) is 4.79 Å². The third kappa shape index (κ3) is 10.0. The lowest BCUT2D eigenvalue weighted by Crippen LogP contribution is -2.24. The van der Waals surface area contributed by atoms with Gasteiger partial charge in [0.15, 0.2) is 0 Å². The highest BCUT2D eigenvalue weighted by atomic mass is 35.5. The van der Waals surface area contributed by atoms with Crippen LogP contribution in [0, 0.1) is 0 Å². The zero-order chi connectivity index (χ0) is 9.94. The number of hydrogen-bond acceptors (Lipinski definition) is 2. The molecule has 0 rings (SSSR count). The Morgan fingerprint density at radius 1 is 1.38 bits per heavy atom. The van der Waals surface area contributed by atoms with Gasteiger partial charge in [0.25, 0.3) is 0 Å². The normalized spacial score (nSPS) is 10.0. The molecule has 0 saturated carbocycles. The van der Waals surface area contributed by atoms with Gasteiger partial charge in [0.05, 0.1) is 0 Å². The second kappa shape index (κ2) is 10.2. The Kier molecular flexibility index (Phi) is 10.3. The van der Waals surface area contributed by atoms with Crippen molar-refractivity contribution < 1.29 is 4.79 Å². The zero-order valence-electron chi connectivity index (χ0n) is 8.14. The van der Waals surface area contributed by atoms with Gasteiger partial charge in [-0.3, -0.25) is 4.79 Å². The Balaban J connectivity index is 3.08. The number of thioether (sulfide) groups is 1. The fourth-order valence-corrected chi connectivity index (χ4v) is 1.49. The average Bonchev–Trinajstić information content (AvgIpc) is 2.14. The molecular formula is C9H18ClNOS. The molecular weight excluding hydrogens is 206 g/mol. The van der Waals surface area contributed by atoms with Gasteiger partial charge in [-0.1, -0.05) is 6.42 Å². The first-order valence-electron chi connectivity index (χ1n) is 4.63. The number of nitrogens with one attached hydrogen (secondary N) is 1. The van der Waals surface area contributed by atoms with E-state index in [0.717, 1.165) is 37.4 Å². The number of carbonyl (C=O) groups excluding carboxylic acids is 1. The predicted octanol–water partition coefficient (Wildman–Crippen LogP) is 2.26. The molecule has 0 aliphatic heterocycles. The van der Waals surface area contributed by atoms with Crippen molar-refractivity contribution in [1.29, 1.82) is 0 Å². The molecule has 0 spiro atoms. The summed E-state index contributed by atoms with van der Waals surface area (Å²) in [4.78, 5) is 11.1. The van der Waals surface area contributed by atoms with Gasteiger partial charge >= 0.3 is 0 Å². The number of amides is 1. The molecule has 0 radical (unpaired) electrons. The second-order valence-electron chi connectivity index (χ2n) is 2.84. The van der Waals surface area contributed by atoms with Crippen LogP contribution in [0.3, 0.4) is 0 Å². The maximum atomic E-state index is 11.1. The van der Waals surface area contributed by atoms with Crippen molar-refractivity contribution in [2.45, 2.75) is 25.7 Å². The van der Waals surface area contributed by atoms with E-state index in [1.54, 1.807) is 11.8 Å². The van der Waals surface area contributed by atoms with Crippen LogP contribution in [0.25, 0.3) is 0 Å². The summed E-state index contributed by atoms with van der Waals surface area (Å²) in [5.74, 6) is 1.80. The number of carbonyl (C=O) groups is 1. The fraction of sp³-hybridized carbons (Fsp3) is 0.889. The van der Waals surface area contributed by atoms with Gasteiger partial charge in [-0.15, -0.1) is 11.6 Å². The molecule has 0 unspecified atom stereocenters. The third-order valence-electron chi connectivity index (χ3n) is 1.67. The third-order valence-corrected chi connectivity index (χ3v) is 2.55. The van der Waals surface area contributed by atoms with Crippen molar-refractivity contribution >= 4 is 29.3 Å². The lowest BCUT2D eigenvalue weighted by molar-refractivity contribution is -0.120. The topological polar surface area (TPSA) is 29.1 Å². The van der Waals surface area contributed by atoms with Crippen LogP contribution in [0.4, 0.5) is 0 Å². The van der Waals surface area contributed by atoms with Crippen LogP contribution in [0.15, 0.2) is 0 Å². The molecule has 0 aromatic rings. The molecule has 0 saturated heterocycles. The molecule has 0 aromatic heterocycles. The smallest absolute Gasteiger partial charge is 0.220 e. The van der Waals surface area contributed by atoms with E-state index in [9.17, 15) is 4.79 Å². The Morgan fingerprint density at radius 3 is 2.77 bits per heavy atom. The van der Waals surface area contributed by atoms with Crippen LogP contribution >= 0.6 is 23.4 Å². The summed E-state index contributed by atoms with van der Waals surface area (Å²) in [5, 5.41) is 2.88. The van der Waals surface area contributed by atoms with Gasteiger partial charge in [0.2, 0.25) is 5.91 Å². The lowest BCUT2D eigenvalue weighted by Gasteiger charge is -2.03. The maximum absolute atomic E-state index is 11.1. The molecule has 0 aromatic carbocycles. The van der Waals surface area contributed by atoms with Gasteiger partial charge < -0.3 is 5.32 Å². The minimum absolute atomic E-state index is 0.167. The van der Waals surface area contributed by atoms with E-state index in [1.165, 1.54) is 0 Å².